The maximum Gasteiger partial charge on any atom is 0.211 e. The van der Waals surface area contributed by atoms with Crippen LogP contribution in [-0.2, 0) is 16.4 Å². The van der Waals surface area contributed by atoms with Crippen molar-refractivity contribution >= 4 is 10.0 Å². The molecule has 5 nitrogen and oxygen atoms in total. The Kier molecular flexibility index (Phi) is 3.73. The molecule has 1 aromatic carbocycles. The van der Waals surface area contributed by atoms with Gasteiger partial charge in [0.15, 0.2) is 11.5 Å². The van der Waals surface area contributed by atoms with Gasteiger partial charge in [-0.1, -0.05) is 0 Å². The fourth-order valence-electron chi connectivity index (χ4n) is 2.57. The largest absolute Gasteiger partial charge is 0.493 e. The first kappa shape index (κ1) is 14.1. The predicted octanol–water partition coefficient (Wildman–Crippen LogP) is 1.58. The lowest BCUT2D eigenvalue weighted by molar-refractivity contribution is 0.321. The molecule has 1 aliphatic rings. The zero-order chi connectivity index (χ0) is 14.2. The van der Waals surface area contributed by atoms with E-state index in [1.54, 1.807) is 14.2 Å². The van der Waals surface area contributed by atoms with Crippen molar-refractivity contribution in [2.45, 2.75) is 19.4 Å². The maximum absolute atomic E-state index is 11.8. The first-order chi connectivity index (χ1) is 8.88. The van der Waals surface area contributed by atoms with Gasteiger partial charge in [0.05, 0.1) is 20.5 Å². The SMILES string of the molecule is COc1cc2c(cc1OC)[C@@H](C)N(S(C)(=O)=O)CC2. The highest BCUT2D eigenvalue weighted by molar-refractivity contribution is 7.88. The Morgan fingerprint density at radius 1 is 1.21 bits per heavy atom. The molecular weight excluding hydrogens is 266 g/mol. The summed E-state index contributed by atoms with van der Waals surface area (Å²) in [6.45, 7) is 2.40. The van der Waals surface area contributed by atoms with Crippen LogP contribution in [0.2, 0.25) is 0 Å². The molecule has 0 unspecified atom stereocenters. The monoisotopic (exact) mass is 285 g/mol. The van der Waals surface area contributed by atoms with Crippen molar-refractivity contribution in [1.82, 2.24) is 4.31 Å². The third-order valence-corrected chi connectivity index (χ3v) is 4.91. The molecule has 0 radical (unpaired) electrons. The van der Waals surface area contributed by atoms with Crippen LogP contribution in [0.3, 0.4) is 0 Å². The van der Waals surface area contributed by atoms with E-state index >= 15 is 0 Å². The van der Waals surface area contributed by atoms with Crippen LogP contribution in [0.4, 0.5) is 0 Å². The molecule has 0 fully saturated rings. The lowest BCUT2D eigenvalue weighted by Crippen LogP contribution is -2.38. The van der Waals surface area contributed by atoms with E-state index in [0.29, 0.717) is 24.5 Å². The third-order valence-electron chi connectivity index (χ3n) is 3.55. The average Bonchev–Trinajstić information content (AvgIpc) is 2.36. The molecule has 2 rings (SSSR count). The average molecular weight is 285 g/mol. The Hall–Kier alpha value is -1.27. The van der Waals surface area contributed by atoms with E-state index in [4.69, 9.17) is 9.47 Å². The second-order valence-electron chi connectivity index (χ2n) is 4.71. The Labute approximate surface area is 114 Å². The van der Waals surface area contributed by atoms with E-state index in [9.17, 15) is 8.42 Å². The number of hydrogen-bond donors (Lipinski definition) is 0. The summed E-state index contributed by atoms with van der Waals surface area (Å²) in [7, 11) is -0.0198. The Morgan fingerprint density at radius 3 is 2.32 bits per heavy atom. The number of nitrogens with zero attached hydrogens (tertiary/aromatic N) is 1. The van der Waals surface area contributed by atoms with Crippen molar-refractivity contribution in [3.63, 3.8) is 0 Å². The van der Waals surface area contributed by atoms with E-state index < -0.39 is 10.0 Å². The zero-order valence-corrected chi connectivity index (χ0v) is 12.5. The van der Waals surface area contributed by atoms with Crippen LogP contribution in [0.25, 0.3) is 0 Å². The van der Waals surface area contributed by atoms with Gasteiger partial charge in [-0.25, -0.2) is 8.42 Å². The normalized spacial score (nSPS) is 19.9. The van der Waals surface area contributed by atoms with Gasteiger partial charge in [0.2, 0.25) is 10.0 Å². The van der Waals surface area contributed by atoms with Gasteiger partial charge in [0.1, 0.15) is 0 Å². The molecule has 1 heterocycles. The van der Waals surface area contributed by atoms with Crippen LogP contribution in [0.5, 0.6) is 11.5 Å². The van der Waals surface area contributed by atoms with E-state index in [1.165, 1.54) is 10.6 Å². The smallest absolute Gasteiger partial charge is 0.211 e. The molecule has 0 N–H and O–H groups in total. The topological polar surface area (TPSA) is 55.8 Å². The van der Waals surface area contributed by atoms with Crippen LogP contribution in [-0.4, -0.2) is 39.7 Å². The van der Waals surface area contributed by atoms with E-state index in [1.807, 2.05) is 19.1 Å². The highest BCUT2D eigenvalue weighted by atomic mass is 32.2. The van der Waals surface area contributed by atoms with Gasteiger partial charge < -0.3 is 9.47 Å². The molecule has 0 amide bonds. The number of benzene rings is 1. The van der Waals surface area contributed by atoms with Gasteiger partial charge in [0.25, 0.3) is 0 Å². The minimum absolute atomic E-state index is 0.182. The molecule has 1 aliphatic heterocycles. The summed E-state index contributed by atoms with van der Waals surface area (Å²) >= 11 is 0. The molecule has 19 heavy (non-hydrogen) atoms. The second kappa shape index (κ2) is 5.02. The first-order valence-corrected chi connectivity index (χ1v) is 7.95. The van der Waals surface area contributed by atoms with Gasteiger partial charge in [-0.3, -0.25) is 0 Å². The minimum atomic E-state index is -3.19. The fraction of sp³-hybridized carbons (Fsp3) is 0.538. The van der Waals surface area contributed by atoms with Gasteiger partial charge in [-0.15, -0.1) is 0 Å². The Bertz CT molecular complexity index is 583. The van der Waals surface area contributed by atoms with Gasteiger partial charge in [-0.2, -0.15) is 4.31 Å². The number of methoxy groups -OCH3 is 2. The van der Waals surface area contributed by atoms with Crippen LogP contribution in [0.15, 0.2) is 12.1 Å². The standard InChI is InChI=1S/C13H19NO4S/c1-9-11-8-13(18-3)12(17-2)7-10(11)5-6-14(9)19(4,15)16/h7-9H,5-6H2,1-4H3/t9-/m1/s1. The van der Waals surface area contributed by atoms with E-state index in [0.717, 1.165) is 11.1 Å². The maximum atomic E-state index is 11.8. The molecular formula is C13H19NO4S. The Morgan fingerprint density at radius 2 is 1.79 bits per heavy atom. The molecule has 0 aliphatic carbocycles. The number of sulfonamides is 1. The fourth-order valence-corrected chi connectivity index (χ4v) is 3.69. The summed E-state index contributed by atoms with van der Waals surface area (Å²) in [5.74, 6) is 1.31. The summed E-state index contributed by atoms with van der Waals surface area (Å²) in [5, 5.41) is 0. The van der Waals surface area contributed by atoms with Crippen molar-refractivity contribution < 1.29 is 17.9 Å². The summed E-state index contributed by atoms with van der Waals surface area (Å²) in [5.41, 5.74) is 2.10. The van der Waals surface area contributed by atoms with Crippen molar-refractivity contribution in [2.75, 3.05) is 27.0 Å². The quantitative estimate of drug-likeness (QED) is 0.846. The number of hydrogen-bond acceptors (Lipinski definition) is 4. The van der Waals surface area contributed by atoms with Crippen LogP contribution in [0, 0.1) is 0 Å². The van der Waals surface area contributed by atoms with Gasteiger partial charge in [0, 0.05) is 12.6 Å². The highest BCUT2D eigenvalue weighted by Crippen LogP contribution is 2.38. The molecule has 1 atom stereocenters. The zero-order valence-electron chi connectivity index (χ0n) is 11.6. The first-order valence-electron chi connectivity index (χ1n) is 6.10. The van der Waals surface area contributed by atoms with Crippen molar-refractivity contribution in [1.29, 1.82) is 0 Å². The molecule has 0 aromatic heterocycles. The lowest BCUT2D eigenvalue weighted by atomic mass is 9.94. The molecule has 106 valence electrons. The molecule has 1 aromatic rings. The summed E-state index contributed by atoms with van der Waals surface area (Å²) in [4.78, 5) is 0. The summed E-state index contributed by atoms with van der Waals surface area (Å²) in [6, 6.07) is 3.62. The van der Waals surface area contributed by atoms with Gasteiger partial charge in [-0.05, 0) is 36.6 Å². The Balaban J connectivity index is 2.49. The number of rotatable bonds is 3. The summed E-state index contributed by atoms with van der Waals surface area (Å²) < 4.78 is 35.6. The molecule has 0 saturated heterocycles. The van der Waals surface area contributed by atoms with Crippen molar-refractivity contribution in [3.8, 4) is 11.5 Å². The van der Waals surface area contributed by atoms with Gasteiger partial charge >= 0.3 is 0 Å². The molecule has 6 heteroatoms. The molecule has 0 saturated carbocycles. The molecule has 0 bridgehead atoms. The predicted molar refractivity (Wildman–Crippen MR) is 73.2 cm³/mol. The minimum Gasteiger partial charge on any atom is -0.493 e. The van der Waals surface area contributed by atoms with Crippen molar-refractivity contribution in [3.05, 3.63) is 23.3 Å². The van der Waals surface area contributed by atoms with Crippen LogP contribution in [0.1, 0.15) is 24.1 Å². The second-order valence-corrected chi connectivity index (χ2v) is 6.64. The number of ether oxygens (including phenoxy) is 2. The highest BCUT2D eigenvalue weighted by Gasteiger charge is 2.31. The lowest BCUT2D eigenvalue weighted by Gasteiger charge is -2.33. The van der Waals surface area contributed by atoms with E-state index in [-0.39, 0.29) is 6.04 Å². The van der Waals surface area contributed by atoms with Crippen molar-refractivity contribution in [2.24, 2.45) is 0 Å². The summed E-state index contributed by atoms with van der Waals surface area (Å²) in [6.07, 6.45) is 1.93. The molecule has 0 spiro atoms. The number of fused-ring (bicyclic) bond motifs is 1. The van der Waals surface area contributed by atoms with Crippen LogP contribution < -0.4 is 9.47 Å². The van der Waals surface area contributed by atoms with Crippen LogP contribution >= 0.6 is 0 Å². The van der Waals surface area contributed by atoms with E-state index in [2.05, 4.69) is 0 Å². The third kappa shape index (κ3) is 2.55.